The molecule has 1 aliphatic heterocycles. The quantitative estimate of drug-likeness (QED) is 0.744. The summed E-state index contributed by atoms with van der Waals surface area (Å²) in [5.74, 6) is 0. The lowest BCUT2D eigenvalue weighted by Crippen LogP contribution is -2.28. The van der Waals surface area contributed by atoms with Gasteiger partial charge in [0.25, 0.3) is 0 Å². The molecule has 14 heavy (non-hydrogen) atoms. The Bertz CT molecular complexity index is 313. The van der Waals surface area contributed by atoms with Crippen LogP contribution < -0.4 is 10.6 Å². The third-order valence-electron chi connectivity index (χ3n) is 3.00. The molecule has 0 bridgehead atoms. The van der Waals surface area contributed by atoms with Crippen LogP contribution in [0.5, 0.6) is 0 Å². The van der Waals surface area contributed by atoms with Crippen molar-refractivity contribution in [3.63, 3.8) is 0 Å². The maximum atomic E-state index is 3.58. The summed E-state index contributed by atoms with van der Waals surface area (Å²) in [4.78, 5) is 0. The first-order valence-corrected chi connectivity index (χ1v) is 5.22. The minimum atomic E-state index is 0.565. The van der Waals surface area contributed by atoms with Crippen molar-refractivity contribution in [1.82, 2.24) is 5.32 Å². The van der Waals surface area contributed by atoms with Crippen LogP contribution in [0.4, 0.5) is 5.69 Å². The summed E-state index contributed by atoms with van der Waals surface area (Å²) in [6, 6.07) is 4.98. The van der Waals surface area contributed by atoms with Gasteiger partial charge < -0.3 is 10.6 Å². The van der Waals surface area contributed by atoms with Gasteiger partial charge in [-0.3, -0.25) is 0 Å². The molecule has 2 heteroatoms. The fourth-order valence-corrected chi connectivity index (χ4v) is 2.20. The van der Waals surface area contributed by atoms with E-state index in [1.807, 2.05) is 7.05 Å². The Morgan fingerprint density at radius 1 is 1.36 bits per heavy atom. The molecule has 1 atom stereocenters. The standard InChI is InChI=1S/C12H18N2/c1-8-4-5-9(2)12-11(8)6-10(14-12)7-13-3/h4-5,10,13-14H,6-7H2,1-3H3. The molecule has 0 radical (unpaired) electrons. The molecule has 76 valence electrons. The van der Waals surface area contributed by atoms with Gasteiger partial charge in [-0.1, -0.05) is 12.1 Å². The monoisotopic (exact) mass is 190 g/mol. The zero-order valence-electron chi connectivity index (χ0n) is 9.15. The number of rotatable bonds is 2. The van der Waals surface area contributed by atoms with E-state index < -0.39 is 0 Å². The Labute approximate surface area is 85.7 Å². The van der Waals surface area contributed by atoms with Crippen molar-refractivity contribution in [1.29, 1.82) is 0 Å². The first-order valence-electron chi connectivity index (χ1n) is 5.22. The van der Waals surface area contributed by atoms with E-state index in [0.29, 0.717) is 6.04 Å². The molecule has 1 aliphatic rings. The largest absolute Gasteiger partial charge is 0.380 e. The first kappa shape index (κ1) is 9.53. The van der Waals surface area contributed by atoms with E-state index in [0.717, 1.165) is 13.0 Å². The van der Waals surface area contributed by atoms with E-state index in [-0.39, 0.29) is 0 Å². The Kier molecular flexibility index (Phi) is 2.46. The molecule has 2 nitrogen and oxygen atoms in total. The third kappa shape index (κ3) is 1.50. The van der Waals surface area contributed by atoms with Gasteiger partial charge in [0.05, 0.1) is 0 Å². The topological polar surface area (TPSA) is 24.1 Å². The second kappa shape index (κ2) is 3.62. The van der Waals surface area contributed by atoms with Crippen molar-refractivity contribution >= 4 is 5.69 Å². The van der Waals surface area contributed by atoms with Crippen LogP contribution in [0.2, 0.25) is 0 Å². The smallest absolute Gasteiger partial charge is 0.0427 e. The summed E-state index contributed by atoms with van der Waals surface area (Å²) in [5, 5.41) is 6.80. The van der Waals surface area contributed by atoms with E-state index >= 15 is 0 Å². The zero-order valence-corrected chi connectivity index (χ0v) is 9.15. The summed E-state index contributed by atoms with van der Waals surface area (Å²) in [5.41, 5.74) is 5.65. The van der Waals surface area contributed by atoms with Crippen LogP contribution in [0, 0.1) is 13.8 Å². The van der Waals surface area contributed by atoms with Crippen LogP contribution in [-0.2, 0) is 6.42 Å². The number of likely N-dealkylation sites (N-methyl/N-ethyl adjacent to an activating group) is 1. The minimum absolute atomic E-state index is 0.565. The number of anilines is 1. The molecule has 2 rings (SSSR count). The zero-order chi connectivity index (χ0) is 10.1. The second-order valence-corrected chi connectivity index (χ2v) is 4.16. The number of nitrogens with one attached hydrogen (secondary N) is 2. The van der Waals surface area contributed by atoms with Gasteiger partial charge in [0.2, 0.25) is 0 Å². The predicted molar refractivity (Wildman–Crippen MR) is 61.0 cm³/mol. The number of aryl methyl sites for hydroxylation is 2. The summed E-state index contributed by atoms with van der Waals surface area (Å²) >= 11 is 0. The second-order valence-electron chi connectivity index (χ2n) is 4.16. The Hall–Kier alpha value is -1.02. The highest BCUT2D eigenvalue weighted by atomic mass is 15.0. The lowest BCUT2D eigenvalue weighted by molar-refractivity contribution is 0.673. The number of fused-ring (bicyclic) bond motifs is 1. The molecule has 0 fully saturated rings. The van der Waals surface area contributed by atoms with E-state index in [9.17, 15) is 0 Å². The van der Waals surface area contributed by atoms with Gasteiger partial charge >= 0.3 is 0 Å². The maximum Gasteiger partial charge on any atom is 0.0427 e. The third-order valence-corrected chi connectivity index (χ3v) is 3.00. The van der Waals surface area contributed by atoms with Crippen molar-refractivity contribution in [2.45, 2.75) is 26.3 Å². The molecule has 0 aliphatic carbocycles. The van der Waals surface area contributed by atoms with Crippen LogP contribution in [0.1, 0.15) is 16.7 Å². The van der Waals surface area contributed by atoms with Crippen molar-refractivity contribution in [2.75, 3.05) is 18.9 Å². The summed E-state index contributed by atoms with van der Waals surface area (Å²) in [7, 11) is 2.00. The van der Waals surface area contributed by atoms with E-state index in [2.05, 4.69) is 36.6 Å². The van der Waals surface area contributed by atoms with Gasteiger partial charge in [0.1, 0.15) is 0 Å². The molecular weight excluding hydrogens is 172 g/mol. The van der Waals surface area contributed by atoms with E-state index in [4.69, 9.17) is 0 Å². The summed E-state index contributed by atoms with van der Waals surface area (Å²) in [6.07, 6.45) is 1.16. The molecule has 1 aromatic carbocycles. The van der Waals surface area contributed by atoms with E-state index in [1.54, 1.807) is 0 Å². The predicted octanol–water partition coefficient (Wildman–Crippen LogP) is 1.86. The van der Waals surface area contributed by atoms with Gasteiger partial charge in [-0.25, -0.2) is 0 Å². The number of hydrogen-bond donors (Lipinski definition) is 2. The van der Waals surface area contributed by atoms with Crippen LogP contribution in [0.3, 0.4) is 0 Å². The lowest BCUT2D eigenvalue weighted by Gasteiger charge is -2.10. The molecule has 1 unspecified atom stereocenters. The number of hydrogen-bond acceptors (Lipinski definition) is 2. The molecule has 0 amide bonds. The summed E-state index contributed by atoms with van der Waals surface area (Å²) < 4.78 is 0. The normalized spacial score (nSPS) is 19.2. The van der Waals surface area contributed by atoms with Gasteiger partial charge in [0, 0.05) is 18.3 Å². The van der Waals surface area contributed by atoms with Crippen molar-refractivity contribution in [3.8, 4) is 0 Å². The van der Waals surface area contributed by atoms with Crippen LogP contribution in [-0.4, -0.2) is 19.6 Å². The maximum absolute atomic E-state index is 3.58. The van der Waals surface area contributed by atoms with Gasteiger partial charge in [-0.2, -0.15) is 0 Å². The Morgan fingerprint density at radius 3 is 2.71 bits per heavy atom. The molecule has 1 aromatic rings. The molecule has 2 N–H and O–H groups in total. The molecule has 1 heterocycles. The van der Waals surface area contributed by atoms with Gasteiger partial charge in [-0.05, 0) is 44.0 Å². The van der Waals surface area contributed by atoms with Gasteiger partial charge in [0.15, 0.2) is 0 Å². The highest BCUT2D eigenvalue weighted by molar-refractivity contribution is 5.64. The average molecular weight is 190 g/mol. The van der Waals surface area contributed by atoms with Crippen LogP contribution in [0.15, 0.2) is 12.1 Å². The SMILES string of the molecule is CNCC1Cc2c(C)ccc(C)c2N1. The van der Waals surface area contributed by atoms with Crippen molar-refractivity contribution in [2.24, 2.45) is 0 Å². The fraction of sp³-hybridized carbons (Fsp3) is 0.500. The average Bonchev–Trinajstić information content (AvgIpc) is 2.57. The summed E-state index contributed by atoms with van der Waals surface area (Å²) in [6.45, 7) is 5.41. The fourth-order valence-electron chi connectivity index (χ4n) is 2.20. The van der Waals surface area contributed by atoms with Crippen molar-refractivity contribution in [3.05, 3.63) is 28.8 Å². The van der Waals surface area contributed by atoms with Crippen LogP contribution in [0.25, 0.3) is 0 Å². The molecule has 0 saturated carbocycles. The van der Waals surface area contributed by atoms with E-state index in [1.165, 1.54) is 22.4 Å². The van der Waals surface area contributed by atoms with Crippen molar-refractivity contribution < 1.29 is 0 Å². The highest BCUT2D eigenvalue weighted by Gasteiger charge is 2.22. The number of benzene rings is 1. The Balaban J connectivity index is 2.29. The highest BCUT2D eigenvalue weighted by Crippen LogP contribution is 2.31. The van der Waals surface area contributed by atoms with Crippen LogP contribution >= 0.6 is 0 Å². The van der Waals surface area contributed by atoms with Gasteiger partial charge in [-0.15, -0.1) is 0 Å². The minimum Gasteiger partial charge on any atom is -0.380 e. The molecule has 0 spiro atoms. The Morgan fingerprint density at radius 2 is 2.07 bits per heavy atom. The first-order chi connectivity index (χ1) is 6.72. The molecule has 0 saturated heterocycles. The molecular formula is C12H18N2. The molecule has 0 aromatic heterocycles. The lowest BCUT2D eigenvalue weighted by atomic mass is 10.0.